The molecule has 0 aromatic carbocycles. The van der Waals surface area contributed by atoms with Gasteiger partial charge in [-0.15, -0.1) is 0 Å². The van der Waals surface area contributed by atoms with Crippen LogP contribution in [0.5, 0.6) is 0 Å². The van der Waals surface area contributed by atoms with Crippen LogP contribution in [0.15, 0.2) is 41.2 Å². The van der Waals surface area contributed by atoms with E-state index in [4.69, 9.17) is 4.42 Å². The molecular weight excluding hydrogens is 266 g/mol. The van der Waals surface area contributed by atoms with Crippen LogP contribution in [0.2, 0.25) is 0 Å². The van der Waals surface area contributed by atoms with Crippen molar-refractivity contribution in [2.75, 3.05) is 13.6 Å². The van der Waals surface area contributed by atoms with Crippen LogP contribution in [0.3, 0.4) is 0 Å². The lowest BCUT2D eigenvalue weighted by Crippen LogP contribution is -2.22. The zero-order valence-electron chi connectivity index (χ0n) is 12.3. The summed E-state index contributed by atoms with van der Waals surface area (Å²) in [7, 11) is 2.09. The highest BCUT2D eigenvalue weighted by Gasteiger charge is 2.08. The van der Waals surface area contributed by atoms with E-state index in [0.717, 1.165) is 42.7 Å². The number of aromatic amines is 1. The summed E-state index contributed by atoms with van der Waals surface area (Å²) in [6.45, 7) is 4.67. The maximum atomic E-state index is 5.83. The van der Waals surface area contributed by atoms with E-state index in [0.29, 0.717) is 0 Å². The zero-order chi connectivity index (χ0) is 14.7. The Labute approximate surface area is 123 Å². The fourth-order valence-corrected chi connectivity index (χ4v) is 2.26. The van der Waals surface area contributed by atoms with Crippen molar-refractivity contribution in [3.8, 4) is 11.5 Å². The van der Waals surface area contributed by atoms with E-state index in [1.54, 1.807) is 6.20 Å². The minimum absolute atomic E-state index is 0.780. The summed E-state index contributed by atoms with van der Waals surface area (Å²) in [5, 5.41) is 6.83. The number of nitrogens with one attached hydrogen (secondary N) is 1. The number of imidazole rings is 1. The Morgan fingerprint density at radius 1 is 1.29 bits per heavy atom. The Morgan fingerprint density at radius 2 is 2.19 bits per heavy atom. The van der Waals surface area contributed by atoms with E-state index in [-0.39, 0.29) is 0 Å². The molecule has 3 heterocycles. The third-order valence-corrected chi connectivity index (χ3v) is 3.50. The SMILES string of the molecule is Cc1nccn1CCN(C)Cc1ccc(-c2ccn[nH]2)o1. The first-order valence-corrected chi connectivity index (χ1v) is 6.97. The molecule has 0 saturated carbocycles. The van der Waals surface area contributed by atoms with Crippen molar-refractivity contribution < 1.29 is 4.42 Å². The molecular formula is C15H19N5O. The van der Waals surface area contributed by atoms with E-state index in [9.17, 15) is 0 Å². The van der Waals surface area contributed by atoms with E-state index >= 15 is 0 Å². The van der Waals surface area contributed by atoms with Gasteiger partial charge in [0, 0.05) is 31.7 Å². The van der Waals surface area contributed by atoms with Gasteiger partial charge in [0.05, 0.1) is 6.54 Å². The third-order valence-electron chi connectivity index (χ3n) is 3.50. The fourth-order valence-electron chi connectivity index (χ4n) is 2.26. The van der Waals surface area contributed by atoms with Gasteiger partial charge in [0.2, 0.25) is 0 Å². The number of H-pyrrole nitrogens is 1. The Balaban J connectivity index is 1.55. The summed E-state index contributed by atoms with van der Waals surface area (Å²) in [6.07, 6.45) is 5.56. The third kappa shape index (κ3) is 3.22. The molecule has 0 unspecified atom stereocenters. The molecule has 0 saturated heterocycles. The van der Waals surface area contributed by atoms with Crippen LogP contribution in [-0.2, 0) is 13.1 Å². The number of aryl methyl sites for hydroxylation is 1. The fraction of sp³-hybridized carbons (Fsp3) is 0.333. The predicted molar refractivity (Wildman–Crippen MR) is 79.6 cm³/mol. The first-order valence-electron chi connectivity index (χ1n) is 6.97. The Hall–Kier alpha value is -2.34. The summed E-state index contributed by atoms with van der Waals surface area (Å²) in [4.78, 5) is 6.46. The Morgan fingerprint density at radius 3 is 2.90 bits per heavy atom. The largest absolute Gasteiger partial charge is 0.458 e. The molecule has 0 amide bonds. The van der Waals surface area contributed by atoms with Gasteiger partial charge < -0.3 is 8.98 Å². The normalized spacial score (nSPS) is 11.4. The van der Waals surface area contributed by atoms with Crippen molar-refractivity contribution in [3.05, 3.63) is 48.4 Å². The first-order chi connectivity index (χ1) is 10.2. The second-order valence-corrected chi connectivity index (χ2v) is 5.14. The van der Waals surface area contributed by atoms with Crippen LogP contribution in [-0.4, -0.2) is 38.2 Å². The molecule has 0 aliphatic rings. The van der Waals surface area contributed by atoms with Crippen molar-refractivity contribution >= 4 is 0 Å². The van der Waals surface area contributed by atoms with Crippen molar-refractivity contribution in [1.29, 1.82) is 0 Å². The highest BCUT2D eigenvalue weighted by molar-refractivity contribution is 5.51. The number of nitrogens with zero attached hydrogens (tertiary/aromatic N) is 4. The molecule has 0 aliphatic heterocycles. The molecule has 3 aromatic rings. The summed E-state index contributed by atoms with van der Waals surface area (Å²) >= 11 is 0. The molecule has 6 nitrogen and oxygen atoms in total. The number of aromatic nitrogens is 4. The quantitative estimate of drug-likeness (QED) is 0.755. The first kappa shape index (κ1) is 13.6. The van der Waals surface area contributed by atoms with Gasteiger partial charge in [-0.2, -0.15) is 5.10 Å². The van der Waals surface area contributed by atoms with Gasteiger partial charge in [0.1, 0.15) is 17.3 Å². The molecule has 21 heavy (non-hydrogen) atoms. The number of hydrogen-bond donors (Lipinski definition) is 1. The Bertz CT molecular complexity index is 683. The van der Waals surface area contributed by atoms with Crippen LogP contribution < -0.4 is 0 Å². The molecule has 1 N–H and O–H groups in total. The highest BCUT2D eigenvalue weighted by Crippen LogP contribution is 2.20. The number of hydrogen-bond acceptors (Lipinski definition) is 4. The topological polar surface area (TPSA) is 62.9 Å². The minimum Gasteiger partial charge on any atom is -0.458 e. The Kier molecular flexibility index (Phi) is 3.87. The molecule has 0 spiro atoms. The standard InChI is InChI=1S/C15H19N5O/c1-12-16-7-8-20(12)10-9-19(2)11-13-3-4-15(21-13)14-5-6-17-18-14/h3-8H,9-11H2,1-2H3,(H,17,18). The molecule has 0 radical (unpaired) electrons. The molecule has 3 aromatic heterocycles. The lowest BCUT2D eigenvalue weighted by Gasteiger charge is -2.15. The lowest BCUT2D eigenvalue weighted by molar-refractivity contribution is 0.284. The molecule has 3 rings (SSSR count). The molecule has 0 atom stereocenters. The molecule has 110 valence electrons. The smallest absolute Gasteiger partial charge is 0.152 e. The van der Waals surface area contributed by atoms with Crippen LogP contribution >= 0.6 is 0 Å². The van der Waals surface area contributed by atoms with Gasteiger partial charge in [-0.1, -0.05) is 0 Å². The predicted octanol–water partition coefficient (Wildman–Crippen LogP) is 2.31. The molecule has 0 aliphatic carbocycles. The molecule has 6 heteroatoms. The van der Waals surface area contributed by atoms with Crippen molar-refractivity contribution in [2.24, 2.45) is 0 Å². The average Bonchev–Trinajstić information content (AvgIpc) is 3.17. The van der Waals surface area contributed by atoms with Crippen LogP contribution in [0.4, 0.5) is 0 Å². The van der Waals surface area contributed by atoms with Crippen molar-refractivity contribution in [2.45, 2.75) is 20.0 Å². The van der Waals surface area contributed by atoms with Crippen LogP contribution in [0.25, 0.3) is 11.5 Å². The van der Waals surface area contributed by atoms with Gasteiger partial charge in [-0.25, -0.2) is 4.98 Å². The maximum absolute atomic E-state index is 5.83. The molecule has 0 fully saturated rings. The molecule has 0 bridgehead atoms. The van der Waals surface area contributed by atoms with Crippen molar-refractivity contribution in [3.63, 3.8) is 0 Å². The summed E-state index contributed by atoms with van der Waals surface area (Å²) < 4.78 is 7.97. The van der Waals surface area contributed by atoms with E-state index in [1.807, 2.05) is 37.5 Å². The van der Waals surface area contributed by atoms with E-state index in [2.05, 4.69) is 31.7 Å². The van der Waals surface area contributed by atoms with Crippen LogP contribution in [0.1, 0.15) is 11.6 Å². The maximum Gasteiger partial charge on any atom is 0.152 e. The minimum atomic E-state index is 0.780. The number of rotatable bonds is 6. The van der Waals surface area contributed by atoms with Gasteiger partial charge in [0.15, 0.2) is 5.76 Å². The number of likely N-dealkylation sites (N-methyl/N-ethyl adjacent to an activating group) is 1. The summed E-state index contributed by atoms with van der Waals surface area (Å²) in [6, 6.07) is 5.87. The lowest BCUT2D eigenvalue weighted by atomic mass is 10.3. The summed E-state index contributed by atoms with van der Waals surface area (Å²) in [5.74, 6) is 2.81. The summed E-state index contributed by atoms with van der Waals surface area (Å²) in [5.41, 5.74) is 0.901. The second-order valence-electron chi connectivity index (χ2n) is 5.14. The van der Waals surface area contributed by atoms with Gasteiger partial charge in [0.25, 0.3) is 0 Å². The van der Waals surface area contributed by atoms with Crippen LogP contribution in [0, 0.1) is 6.92 Å². The zero-order valence-corrected chi connectivity index (χ0v) is 12.3. The second kappa shape index (κ2) is 5.97. The van der Waals surface area contributed by atoms with Gasteiger partial charge in [-0.05, 0) is 32.2 Å². The highest BCUT2D eigenvalue weighted by atomic mass is 16.3. The van der Waals surface area contributed by atoms with Crippen molar-refractivity contribution in [1.82, 2.24) is 24.6 Å². The van der Waals surface area contributed by atoms with E-state index in [1.165, 1.54) is 0 Å². The van der Waals surface area contributed by atoms with E-state index < -0.39 is 0 Å². The monoisotopic (exact) mass is 285 g/mol. The number of furan rings is 1. The van der Waals surface area contributed by atoms with Gasteiger partial charge in [-0.3, -0.25) is 10.00 Å². The van der Waals surface area contributed by atoms with Gasteiger partial charge >= 0.3 is 0 Å². The average molecular weight is 285 g/mol.